The van der Waals surface area contributed by atoms with Crippen molar-refractivity contribution in [3.05, 3.63) is 35.1 Å². The van der Waals surface area contributed by atoms with Crippen LogP contribution in [-0.4, -0.2) is 63.6 Å². The number of nitrogens with one attached hydrogen (secondary N) is 1. The minimum atomic E-state index is -3.48. The molecule has 10 heteroatoms. The zero-order valence-corrected chi connectivity index (χ0v) is 15.9. The largest absolute Gasteiger partial charge is 0.282 e. The molecule has 0 unspecified atom stereocenters. The van der Waals surface area contributed by atoms with Gasteiger partial charge >= 0.3 is 0 Å². The maximum absolute atomic E-state index is 12.6. The highest BCUT2D eigenvalue weighted by Crippen LogP contribution is 2.17. The van der Waals surface area contributed by atoms with Crippen LogP contribution in [0.1, 0.15) is 25.6 Å². The molecule has 3 heterocycles. The van der Waals surface area contributed by atoms with Crippen LogP contribution in [0.15, 0.2) is 29.4 Å². The molecule has 0 aliphatic carbocycles. The van der Waals surface area contributed by atoms with Crippen LogP contribution in [0.3, 0.4) is 0 Å². The van der Waals surface area contributed by atoms with E-state index in [0.717, 1.165) is 5.82 Å². The number of nitrogens with zero attached hydrogens (tertiary/aromatic N) is 5. The Bertz CT molecular complexity index is 867. The van der Waals surface area contributed by atoms with Crippen molar-refractivity contribution in [2.24, 2.45) is 0 Å². The lowest BCUT2D eigenvalue weighted by atomic mass is 10.2. The standard InChI is InChI=1S/C15H22N6O2S2/c1-12(2)14-17-15(24)21(18-14)11-19-6-8-20(9-7-19)25(22,23)13-4-3-5-16-10-13/h3-5,10,12H,6-9,11H2,1-2H3,(H,17,18,24). The van der Waals surface area contributed by atoms with Crippen LogP contribution < -0.4 is 0 Å². The lowest BCUT2D eigenvalue weighted by molar-refractivity contribution is 0.144. The summed E-state index contributed by atoms with van der Waals surface area (Å²) in [5.41, 5.74) is 0. The maximum Gasteiger partial charge on any atom is 0.244 e. The molecule has 0 spiro atoms. The Labute approximate surface area is 152 Å². The van der Waals surface area contributed by atoms with Gasteiger partial charge in [0.2, 0.25) is 14.8 Å². The van der Waals surface area contributed by atoms with Crippen molar-refractivity contribution < 1.29 is 8.42 Å². The molecule has 1 fully saturated rings. The molecule has 136 valence electrons. The average Bonchev–Trinajstić information content (AvgIpc) is 2.97. The van der Waals surface area contributed by atoms with E-state index < -0.39 is 10.0 Å². The lowest BCUT2D eigenvalue weighted by Gasteiger charge is -2.33. The lowest BCUT2D eigenvalue weighted by Crippen LogP contribution is -2.48. The number of rotatable bonds is 5. The molecule has 0 aromatic carbocycles. The van der Waals surface area contributed by atoms with Gasteiger partial charge in [0.15, 0.2) is 0 Å². The third-order valence-electron chi connectivity index (χ3n) is 4.19. The maximum atomic E-state index is 12.6. The van der Waals surface area contributed by atoms with Crippen LogP contribution in [0.4, 0.5) is 0 Å². The van der Waals surface area contributed by atoms with Crippen LogP contribution >= 0.6 is 12.2 Å². The number of hydrogen-bond acceptors (Lipinski definition) is 6. The summed E-state index contributed by atoms with van der Waals surface area (Å²) in [5.74, 6) is 1.15. The number of pyridine rings is 1. The van der Waals surface area contributed by atoms with E-state index in [1.165, 1.54) is 10.5 Å². The van der Waals surface area contributed by atoms with Crippen LogP contribution in [0.25, 0.3) is 0 Å². The van der Waals surface area contributed by atoms with Crippen LogP contribution in [0, 0.1) is 4.77 Å². The molecular formula is C15H22N6O2S2. The van der Waals surface area contributed by atoms with Gasteiger partial charge in [-0.05, 0) is 24.4 Å². The fraction of sp³-hybridized carbons (Fsp3) is 0.533. The summed E-state index contributed by atoms with van der Waals surface area (Å²) in [6.45, 7) is 6.85. The Morgan fingerprint density at radius 2 is 2.00 bits per heavy atom. The molecule has 25 heavy (non-hydrogen) atoms. The number of aromatic nitrogens is 4. The van der Waals surface area contributed by atoms with Gasteiger partial charge in [-0.25, -0.2) is 18.1 Å². The molecule has 1 N–H and O–H groups in total. The summed E-state index contributed by atoms with van der Waals surface area (Å²) in [6.07, 6.45) is 2.95. The second kappa shape index (κ2) is 7.32. The average molecular weight is 383 g/mol. The van der Waals surface area contributed by atoms with Crippen molar-refractivity contribution in [1.29, 1.82) is 0 Å². The Kier molecular flexibility index (Phi) is 5.32. The third-order valence-corrected chi connectivity index (χ3v) is 6.38. The predicted molar refractivity (Wildman–Crippen MR) is 96.1 cm³/mol. The Morgan fingerprint density at radius 3 is 2.56 bits per heavy atom. The van der Waals surface area contributed by atoms with Gasteiger partial charge in [-0.15, -0.1) is 0 Å². The third kappa shape index (κ3) is 3.97. The van der Waals surface area contributed by atoms with Gasteiger partial charge in [0.25, 0.3) is 0 Å². The van der Waals surface area contributed by atoms with Gasteiger partial charge in [0, 0.05) is 44.5 Å². The van der Waals surface area contributed by atoms with Gasteiger partial charge in [0.05, 0.1) is 6.67 Å². The number of H-pyrrole nitrogens is 1. The van der Waals surface area contributed by atoms with Crippen LogP contribution in [0.5, 0.6) is 0 Å². The number of aromatic amines is 1. The molecule has 1 aliphatic rings. The van der Waals surface area contributed by atoms with Gasteiger partial charge in [-0.3, -0.25) is 15.0 Å². The normalized spacial score (nSPS) is 17.2. The van der Waals surface area contributed by atoms with Crippen LogP contribution in [0.2, 0.25) is 0 Å². The van der Waals surface area contributed by atoms with E-state index >= 15 is 0 Å². The highest BCUT2D eigenvalue weighted by Gasteiger charge is 2.28. The summed E-state index contributed by atoms with van der Waals surface area (Å²) in [6, 6.07) is 3.21. The van der Waals surface area contributed by atoms with E-state index in [-0.39, 0.29) is 10.8 Å². The minimum Gasteiger partial charge on any atom is -0.282 e. The highest BCUT2D eigenvalue weighted by molar-refractivity contribution is 7.89. The molecule has 1 aliphatic heterocycles. The zero-order chi connectivity index (χ0) is 18.0. The Hall–Kier alpha value is -1.62. The van der Waals surface area contributed by atoms with E-state index in [0.29, 0.717) is 37.6 Å². The molecule has 2 aromatic rings. The second-order valence-electron chi connectivity index (χ2n) is 6.33. The molecule has 0 radical (unpaired) electrons. The second-order valence-corrected chi connectivity index (χ2v) is 8.63. The van der Waals surface area contributed by atoms with Crippen molar-refractivity contribution >= 4 is 22.2 Å². The van der Waals surface area contributed by atoms with Gasteiger partial charge in [0.1, 0.15) is 10.7 Å². The summed E-state index contributed by atoms with van der Waals surface area (Å²) in [5, 5.41) is 3.22. The van der Waals surface area contributed by atoms with Crippen molar-refractivity contribution in [3.63, 3.8) is 0 Å². The first-order chi connectivity index (χ1) is 11.9. The molecule has 0 atom stereocenters. The summed E-state index contributed by atoms with van der Waals surface area (Å²) in [7, 11) is -3.48. The van der Waals surface area contributed by atoms with Crippen LogP contribution in [-0.2, 0) is 16.7 Å². The van der Waals surface area contributed by atoms with Gasteiger partial charge in [-0.2, -0.15) is 4.31 Å². The van der Waals surface area contributed by atoms with Gasteiger partial charge < -0.3 is 0 Å². The first kappa shape index (κ1) is 18.2. The van der Waals surface area contributed by atoms with E-state index in [1.54, 1.807) is 18.3 Å². The summed E-state index contributed by atoms with van der Waals surface area (Å²) in [4.78, 5) is 10.6. The molecule has 8 nitrogen and oxygen atoms in total. The molecular weight excluding hydrogens is 360 g/mol. The summed E-state index contributed by atoms with van der Waals surface area (Å²) < 4.78 is 29.1. The highest BCUT2D eigenvalue weighted by atomic mass is 32.2. The van der Waals surface area contributed by atoms with Crippen molar-refractivity contribution in [1.82, 2.24) is 29.0 Å². The van der Waals surface area contributed by atoms with E-state index in [4.69, 9.17) is 12.2 Å². The van der Waals surface area contributed by atoms with E-state index in [2.05, 4.69) is 33.8 Å². The van der Waals surface area contributed by atoms with Crippen molar-refractivity contribution in [2.75, 3.05) is 26.2 Å². The molecule has 0 amide bonds. The van der Waals surface area contributed by atoms with E-state index in [1.807, 2.05) is 4.68 Å². The monoisotopic (exact) mass is 382 g/mol. The number of hydrogen-bond donors (Lipinski definition) is 1. The SMILES string of the molecule is CC(C)c1nc(=S)n(CN2CCN(S(=O)(=O)c3cccnc3)CC2)[nH]1. The minimum absolute atomic E-state index is 0.237. The first-order valence-corrected chi connectivity index (χ1v) is 10.0. The molecule has 3 rings (SSSR count). The molecule has 0 bridgehead atoms. The fourth-order valence-electron chi connectivity index (χ4n) is 2.69. The Morgan fingerprint density at radius 1 is 1.28 bits per heavy atom. The Balaban J connectivity index is 1.64. The molecule has 0 saturated carbocycles. The molecule has 2 aromatic heterocycles. The topological polar surface area (TPSA) is 87.1 Å². The number of sulfonamides is 1. The first-order valence-electron chi connectivity index (χ1n) is 8.17. The quantitative estimate of drug-likeness (QED) is 0.787. The molecule has 1 saturated heterocycles. The van der Waals surface area contributed by atoms with Crippen molar-refractivity contribution in [2.45, 2.75) is 31.3 Å². The fourth-order valence-corrected chi connectivity index (χ4v) is 4.28. The summed E-state index contributed by atoms with van der Waals surface area (Å²) >= 11 is 5.29. The smallest absolute Gasteiger partial charge is 0.244 e. The van der Waals surface area contributed by atoms with E-state index in [9.17, 15) is 8.42 Å². The predicted octanol–water partition coefficient (Wildman–Crippen LogP) is 1.42. The van der Waals surface area contributed by atoms with Gasteiger partial charge in [-0.1, -0.05) is 13.8 Å². The number of piperazine rings is 1. The zero-order valence-electron chi connectivity index (χ0n) is 14.3. The van der Waals surface area contributed by atoms with Crippen molar-refractivity contribution in [3.8, 4) is 0 Å².